The maximum absolute atomic E-state index is 12.2. The molecule has 3 unspecified atom stereocenters. The number of primary amides is 1. The van der Waals surface area contributed by atoms with Crippen molar-refractivity contribution >= 4 is 11.8 Å². The van der Waals surface area contributed by atoms with Gasteiger partial charge in [-0.1, -0.05) is 13.0 Å². The number of ether oxygens (including phenoxy) is 2. The topological polar surface area (TPSA) is 102 Å². The molecule has 0 radical (unpaired) electrons. The zero-order chi connectivity index (χ0) is 20.5. The van der Waals surface area contributed by atoms with Crippen molar-refractivity contribution in [2.75, 3.05) is 20.2 Å². The predicted molar refractivity (Wildman–Crippen MR) is 104 cm³/mol. The van der Waals surface area contributed by atoms with Crippen LogP contribution in [0.1, 0.15) is 51.0 Å². The summed E-state index contributed by atoms with van der Waals surface area (Å²) < 4.78 is 11.7. The lowest BCUT2D eigenvalue weighted by Gasteiger charge is -2.34. The van der Waals surface area contributed by atoms with Gasteiger partial charge in [-0.2, -0.15) is 0 Å². The molecular formula is C21H30N2O5. The average molecular weight is 390 g/mol. The molecule has 1 aliphatic carbocycles. The van der Waals surface area contributed by atoms with Crippen molar-refractivity contribution in [3.8, 4) is 11.5 Å². The molecule has 7 nitrogen and oxygen atoms in total. The van der Waals surface area contributed by atoms with Crippen molar-refractivity contribution < 1.29 is 24.2 Å². The lowest BCUT2D eigenvalue weighted by Crippen LogP contribution is -2.41. The molecule has 0 spiro atoms. The Hall–Kier alpha value is -2.28. The highest BCUT2D eigenvalue weighted by Crippen LogP contribution is 2.47. The lowest BCUT2D eigenvalue weighted by molar-refractivity contribution is -0.143. The summed E-state index contributed by atoms with van der Waals surface area (Å²) in [6.45, 7) is 4.23. The molecule has 3 rings (SSSR count). The van der Waals surface area contributed by atoms with Gasteiger partial charge in [0.2, 0.25) is 0 Å². The van der Waals surface area contributed by atoms with Gasteiger partial charge in [0.25, 0.3) is 0 Å². The number of nitrogens with zero attached hydrogens (tertiary/aromatic N) is 1. The SMILES string of the molecule is COc1ccc(C2CN(C(=O)C(N)=O)CC2(C)C(C)O)cc1OC1CCCC1. The fourth-order valence-electron chi connectivity index (χ4n) is 4.42. The largest absolute Gasteiger partial charge is 0.493 e. The van der Waals surface area contributed by atoms with Gasteiger partial charge in [-0.05, 0) is 50.3 Å². The molecule has 1 aromatic rings. The van der Waals surface area contributed by atoms with Crippen molar-refractivity contribution in [2.45, 2.75) is 57.7 Å². The second kappa shape index (κ2) is 7.99. The van der Waals surface area contributed by atoms with Crippen LogP contribution < -0.4 is 15.2 Å². The number of rotatable bonds is 5. The second-order valence-electron chi connectivity index (χ2n) is 8.22. The normalized spacial score (nSPS) is 26.3. The number of carbonyl (C=O) groups excluding carboxylic acids is 2. The van der Waals surface area contributed by atoms with Gasteiger partial charge < -0.3 is 25.2 Å². The van der Waals surface area contributed by atoms with Crippen molar-refractivity contribution in [3.63, 3.8) is 0 Å². The molecule has 7 heteroatoms. The molecule has 3 N–H and O–H groups in total. The number of nitrogens with two attached hydrogens (primary N) is 1. The molecule has 1 aromatic carbocycles. The third-order valence-corrected chi connectivity index (χ3v) is 6.37. The Kier molecular flexibility index (Phi) is 5.84. The minimum atomic E-state index is -0.978. The summed E-state index contributed by atoms with van der Waals surface area (Å²) in [7, 11) is 1.61. The van der Waals surface area contributed by atoms with E-state index in [9.17, 15) is 14.7 Å². The molecule has 1 saturated carbocycles. The maximum atomic E-state index is 12.2. The fourth-order valence-corrected chi connectivity index (χ4v) is 4.42. The van der Waals surface area contributed by atoms with Crippen molar-refractivity contribution in [3.05, 3.63) is 23.8 Å². The average Bonchev–Trinajstić information content (AvgIpc) is 3.29. The van der Waals surface area contributed by atoms with E-state index in [-0.39, 0.29) is 18.6 Å². The first-order valence-electron chi connectivity index (χ1n) is 9.87. The minimum absolute atomic E-state index is 0.160. The van der Waals surface area contributed by atoms with Crippen LogP contribution in [-0.2, 0) is 9.59 Å². The van der Waals surface area contributed by atoms with E-state index in [1.807, 2.05) is 25.1 Å². The van der Waals surface area contributed by atoms with Gasteiger partial charge in [-0.3, -0.25) is 9.59 Å². The van der Waals surface area contributed by atoms with Crippen LogP contribution in [0, 0.1) is 5.41 Å². The van der Waals surface area contributed by atoms with E-state index in [1.54, 1.807) is 14.0 Å². The summed E-state index contributed by atoms with van der Waals surface area (Å²) in [4.78, 5) is 25.0. The molecule has 28 heavy (non-hydrogen) atoms. The highest BCUT2D eigenvalue weighted by Gasteiger charge is 2.49. The van der Waals surface area contributed by atoms with Gasteiger partial charge in [0.05, 0.1) is 19.3 Å². The van der Waals surface area contributed by atoms with Gasteiger partial charge in [-0.15, -0.1) is 0 Å². The molecule has 1 heterocycles. The Morgan fingerprint density at radius 2 is 1.96 bits per heavy atom. The fraction of sp³-hybridized carbons (Fsp3) is 0.619. The number of benzene rings is 1. The minimum Gasteiger partial charge on any atom is -0.493 e. The van der Waals surface area contributed by atoms with Gasteiger partial charge in [0.15, 0.2) is 11.5 Å². The van der Waals surface area contributed by atoms with Crippen LogP contribution in [0.5, 0.6) is 11.5 Å². The van der Waals surface area contributed by atoms with Gasteiger partial charge in [0, 0.05) is 24.4 Å². The maximum Gasteiger partial charge on any atom is 0.311 e. The van der Waals surface area contributed by atoms with E-state index in [0.29, 0.717) is 18.0 Å². The van der Waals surface area contributed by atoms with E-state index in [0.717, 1.165) is 18.4 Å². The first kappa shape index (κ1) is 20.5. The molecule has 2 amide bonds. The van der Waals surface area contributed by atoms with Gasteiger partial charge in [-0.25, -0.2) is 0 Å². The molecule has 2 aliphatic rings. The third-order valence-electron chi connectivity index (χ3n) is 6.37. The van der Waals surface area contributed by atoms with E-state index in [1.165, 1.54) is 17.7 Å². The highest BCUT2D eigenvalue weighted by molar-refractivity contribution is 6.34. The summed E-state index contributed by atoms with van der Waals surface area (Å²) in [5.74, 6) is -0.511. The predicted octanol–water partition coefficient (Wildman–Crippen LogP) is 1.81. The molecule has 1 saturated heterocycles. The number of aliphatic hydroxyl groups excluding tert-OH is 1. The van der Waals surface area contributed by atoms with E-state index in [4.69, 9.17) is 15.2 Å². The van der Waals surface area contributed by atoms with E-state index >= 15 is 0 Å². The lowest BCUT2D eigenvalue weighted by atomic mass is 9.72. The monoisotopic (exact) mass is 390 g/mol. The van der Waals surface area contributed by atoms with E-state index < -0.39 is 23.3 Å². The number of hydrogen-bond donors (Lipinski definition) is 2. The van der Waals surface area contributed by atoms with Crippen molar-refractivity contribution in [2.24, 2.45) is 11.1 Å². The summed E-state index contributed by atoms with van der Waals surface area (Å²) >= 11 is 0. The van der Waals surface area contributed by atoms with Crippen molar-refractivity contribution in [1.29, 1.82) is 0 Å². The standard InChI is InChI=1S/C21H30N2O5/c1-13(24)21(2)12-23(20(26)19(22)25)11-16(21)14-8-9-17(27-3)18(10-14)28-15-6-4-5-7-15/h8-10,13,15-16,24H,4-7,11-12H2,1-3H3,(H2,22,25). The van der Waals surface area contributed by atoms with Crippen LogP contribution >= 0.6 is 0 Å². The molecule has 0 bridgehead atoms. The van der Waals surface area contributed by atoms with Gasteiger partial charge in [0.1, 0.15) is 0 Å². The molecule has 0 aromatic heterocycles. The highest BCUT2D eigenvalue weighted by atomic mass is 16.5. The van der Waals surface area contributed by atoms with Crippen molar-refractivity contribution in [1.82, 2.24) is 4.90 Å². The zero-order valence-electron chi connectivity index (χ0n) is 16.8. The van der Waals surface area contributed by atoms with Crippen LogP contribution in [0.2, 0.25) is 0 Å². The van der Waals surface area contributed by atoms with Crippen LogP contribution in [0.15, 0.2) is 18.2 Å². The summed E-state index contributed by atoms with van der Waals surface area (Å²) in [6, 6.07) is 5.74. The summed E-state index contributed by atoms with van der Waals surface area (Å²) in [5.41, 5.74) is 5.52. The quantitative estimate of drug-likeness (QED) is 0.747. The smallest absolute Gasteiger partial charge is 0.311 e. The van der Waals surface area contributed by atoms with Crippen LogP contribution in [-0.4, -0.2) is 54.2 Å². The first-order valence-corrected chi connectivity index (χ1v) is 9.87. The Bertz CT molecular complexity index is 744. The van der Waals surface area contributed by atoms with Crippen LogP contribution in [0.25, 0.3) is 0 Å². The molecule has 2 fully saturated rings. The summed E-state index contributed by atoms with van der Waals surface area (Å²) in [6.07, 6.45) is 3.90. The molecule has 3 atom stereocenters. The van der Waals surface area contributed by atoms with Crippen LogP contribution in [0.3, 0.4) is 0 Å². The molecular weight excluding hydrogens is 360 g/mol. The Morgan fingerprint density at radius 1 is 1.29 bits per heavy atom. The number of likely N-dealkylation sites (tertiary alicyclic amines) is 1. The Balaban J connectivity index is 1.92. The Labute approximate surface area is 165 Å². The third kappa shape index (κ3) is 3.81. The molecule has 154 valence electrons. The number of carbonyl (C=O) groups is 2. The first-order chi connectivity index (χ1) is 13.3. The Morgan fingerprint density at radius 3 is 2.54 bits per heavy atom. The number of methoxy groups -OCH3 is 1. The molecule has 1 aliphatic heterocycles. The number of hydrogen-bond acceptors (Lipinski definition) is 5. The number of aliphatic hydroxyl groups is 1. The zero-order valence-corrected chi connectivity index (χ0v) is 16.8. The number of amides is 2. The second-order valence-corrected chi connectivity index (χ2v) is 8.22. The van der Waals surface area contributed by atoms with Crippen LogP contribution in [0.4, 0.5) is 0 Å². The van der Waals surface area contributed by atoms with Gasteiger partial charge >= 0.3 is 11.8 Å². The summed E-state index contributed by atoms with van der Waals surface area (Å²) in [5, 5.41) is 10.5. The van der Waals surface area contributed by atoms with E-state index in [2.05, 4.69) is 0 Å².